The Balaban J connectivity index is 1.43. The summed E-state index contributed by atoms with van der Waals surface area (Å²) in [6, 6.07) is 4.51. The fourth-order valence-corrected chi connectivity index (χ4v) is 6.46. The van der Waals surface area contributed by atoms with Crippen molar-refractivity contribution in [2.24, 2.45) is 0 Å². The van der Waals surface area contributed by atoms with Gasteiger partial charge >= 0.3 is 0 Å². The molecule has 1 saturated carbocycles. The van der Waals surface area contributed by atoms with Crippen molar-refractivity contribution in [2.45, 2.75) is 56.8 Å². The predicted octanol–water partition coefficient (Wildman–Crippen LogP) is 3.02. The third-order valence-electron chi connectivity index (χ3n) is 7.97. The number of methoxy groups -OCH3 is 1. The highest BCUT2D eigenvalue weighted by Gasteiger charge is 2.41. The largest absolute Gasteiger partial charge is 0.495 e. The fourth-order valence-electron chi connectivity index (χ4n) is 5.52. The molecule has 14 heteroatoms. The van der Waals surface area contributed by atoms with Crippen LogP contribution in [-0.4, -0.2) is 63.6 Å². The highest BCUT2D eigenvalue weighted by atomic mass is 35.5. The van der Waals surface area contributed by atoms with Crippen molar-refractivity contribution >= 4 is 58.2 Å². The first-order valence-corrected chi connectivity index (χ1v) is 15.0. The first-order valence-electron chi connectivity index (χ1n) is 13.7. The molecule has 1 aliphatic carbocycles. The van der Waals surface area contributed by atoms with Crippen molar-refractivity contribution < 1.29 is 28.7 Å². The molecule has 12 nitrogen and oxygen atoms in total. The van der Waals surface area contributed by atoms with E-state index in [0.717, 1.165) is 30.6 Å². The van der Waals surface area contributed by atoms with E-state index in [2.05, 4.69) is 20.6 Å². The number of piperidine rings is 1. The summed E-state index contributed by atoms with van der Waals surface area (Å²) >= 11 is 7.35. The molecule has 2 unspecified atom stereocenters. The van der Waals surface area contributed by atoms with Gasteiger partial charge < -0.3 is 15.0 Å². The van der Waals surface area contributed by atoms with E-state index in [4.69, 9.17) is 16.3 Å². The van der Waals surface area contributed by atoms with Crippen LogP contribution in [0.5, 0.6) is 5.75 Å². The average Bonchev–Trinajstić information content (AvgIpc) is 3.55. The lowest BCUT2D eigenvalue weighted by molar-refractivity contribution is -0.137. The Labute approximate surface area is 255 Å². The summed E-state index contributed by atoms with van der Waals surface area (Å²) in [5, 5.41) is 5.35. The molecule has 3 aromatic rings. The zero-order valence-electron chi connectivity index (χ0n) is 23.0. The molecule has 0 spiro atoms. The maximum atomic E-state index is 14.2. The van der Waals surface area contributed by atoms with Crippen LogP contribution >= 0.6 is 22.9 Å². The summed E-state index contributed by atoms with van der Waals surface area (Å²) in [6.07, 6.45) is 6.02. The first-order chi connectivity index (χ1) is 20.7. The quantitative estimate of drug-likeness (QED) is 0.364. The fraction of sp³-hybridized carbons (Fsp3) is 0.345. The average molecular weight is 623 g/mol. The molecule has 2 atom stereocenters. The predicted molar refractivity (Wildman–Crippen MR) is 156 cm³/mol. The smallest absolute Gasteiger partial charge is 0.272 e. The van der Waals surface area contributed by atoms with Gasteiger partial charge in [0.15, 0.2) is 5.15 Å². The summed E-state index contributed by atoms with van der Waals surface area (Å²) in [6.45, 7) is 0.0945. The van der Waals surface area contributed by atoms with E-state index in [-0.39, 0.29) is 47.3 Å². The number of anilines is 1. The molecular formula is C29H27ClN6O6S. The van der Waals surface area contributed by atoms with Gasteiger partial charge in [-0.2, -0.15) is 0 Å². The van der Waals surface area contributed by atoms with Crippen molar-refractivity contribution in [3.63, 3.8) is 0 Å². The normalized spacial score (nSPS) is 18.9. The number of carbonyl (C=O) groups excluding carboxylic acids is 5. The van der Waals surface area contributed by atoms with Gasteiger partial charge in [-0.3, -0.25) is 39.2 Å². The molecule has 3 aliphatic rings. The summed E-state index contributed by atoms with van der Waals surface area (Å²) in [5.74, 6) is -1.81. The van der Waals surface area contributed by atoms with E-state index in [0.29, 0.717) is 28.1 Å². The van der Waals surface area contributed by atoms with Gasteiger partial charge in [0.1, 0.15) is 22.7 Å². The van der Waals surface area contributed by atoms with Crippen LogP contribution in [0.2, 0.25) is 5.15 Å². The van der Waals surface area contributed by atoms with E-state index in [9.17, 15) is 24.0 Å². The van der Waals surface area contributed by atoms with E-state index < -0.39 is 29.8 Å². The topological polar surface area (TPSA) is 151 Å². The number of benzene rings is 1. The van der Waals surface area contributed by atoms with Crippen LogP contribution in [0.1, 0.15) is 69.3 Å². The highest BCUT2D eigenvalue weighted by Crippen LogP contribution is 2.37. The molecule has 1 saturated heterocycles. The number of imide groups is 1. The second-order valence-electron chi connectivity index (χ2n) is 10.6. The number of halogens is 1. The lowest BCUT2D eigenvalue weighted by Gasteiger charge is -2.34. The standard InChI is InChI=1S/C29H27ClN6O6S/c1-42-19-10-15(11-31-12-19)23(27(39)33-17-3-2-4-17)36(29(41)24-25(30)32-14-43-24)18-5-6-20-16(9-18)13-35(28(20)40)21-7-8-22(37)34-26(21)38/h5-6,9-12,14,17,21,23H,2-4,7-8,13H2,1H3,(H,33,39)(H,34,37,38). The summed E-state index contributed by atoms with van der Waals surface area (Å²) < 4.78 is 5.37. The van der Waals surface area contributed by atoms with Gasteiger partial charge in [0.2, 0.25) is 17.7 Å². The summed E-state index contributed by atoms with van der Waals surface area (Å²) in [4.78, 5) is 76.9. The Bertz CT molecular complexity index is 1640. The summed E-state index contributed by atoms with van der Waals surface area (Å²) in [7, 11) is 1.48. The van der Waals surface area contributed by atoms with Crippen LogP contribution in [0.3, 0.4) is 0 Å². The number of pyridine rings is 1. The molecule has 5 amide bonds. The first kappa shape index (κ1) is 28.7. The molecule has 0 bridgehead atoms. The monoisotopic (exact) mass is 622 g/mol. The molecule has 2 N–H and O–H groups in total. The van der Waals surface area contributed by atoms with Crippen LogP contribution in [0.4, 0.5) is 5.69 Å². The van der Waals surface area contributed by atoms with Crippen molar-refractivity contribution in [2.75, 3.05) is 12.0 Å². The third kappa shape index (κ3) is 5.45. The van der Waals surface area contributed by atoms with Gasteiger partial charge in [0.05, 0.1) is 18.8 Å². The highest BCUT2D eigenvalue weighted by molar-refractivity contribution is 7.12. The van der Waals surface area contributed by atoms with Crippen LogP contribution in [-0.2, 0) is 20.9 Å². The van der Waals surface area contributed by atoms with E-state index in [1.807, 2.05) is 0 Å². The molecule has 4 heterocycles. The van der Waals surface area contributed by atoms with Gasteiger partial charge in [-0.05, 0) is 55.5 Å². The van der Waals surface area contributed by atoms with Crippen molar-refractivity contribution in [1.29, 1.82) is 0 Å². The zero-order valence-corrected chi connectivity index (χ0v) is 24.6. The minimum Gasteiger partial charge on any atom is -0.495 e. The number of thiazole rings is 1. The Morgan fingerprint density at radius 3 is 2.67 bits per heavy atom. The molecule has 43 heavy (non-hydrogen) atoms. The molecule has 1 aromatic carbocycles. The molecule has 0 radical (unpaired) electrons. The number of nitrogens with one attached hydrogen (secondary N) is 2. The number of carbonyl (C=O) groups is 5. The van der Waals surface area contributed by atoms with Gasteiger partial charge in [-0.1, -0.05) is 11.6 Å². The number of nitrogens with zero attached hydrogens (tertiary/aromatic N) is 4. The van der Waals surface area contributed by atoms with E-state index >= 15 is 0 Å². The van der Waals surface area contributed by atoms with Crippen molar-refractivity contribution in [1.82, 2.24) is 25.5 Å². The van der Waals surface area contributed by atoms with E-state index in [1.165, 1.54) is 34.8 Å². The molecule has 2 aromatic heterocycles. The van der Waals surface area contributed by atoms with Gasteiger partial charge in [-0.25, -0.2) is 4.98 Å². The van der Waals surface area contributed by atoms with Gasteiger partial charge in [0, 0.05) is 42.0 Å². The maximum absolute atomic E-state index is 14.2. The van der Waals surface area contributed by atoms with Crippen LogP contribution in [0, 0.1) is 0 Å². The zero-order chi connectivity index (χ0) is 30.2. The van der Waals surface area contributed by atoms with Crippen LogP contribution in [0.25, 0.3) is 0 Å². The van der Waals surface area contributed by atoms with Crippen molar-refractivity contribution in [3.05, 3.63) is 68.9 Å². The SMILES string of the molecule is COc1cncc(C(C(=O)NC2CCC2)N(C(=O)c2scnc2Cl)c2ccc3c(c2)CN(C2CCC(=O)NC2=O)C3=O)c1. The Kier molecular flexibility index (Phi) is 7.84. The minimum absolute atomic E-state index is 0.00212. The van der Waals surface area contributed by atoms with Crippen LogP contribution in [0.15, 0.2) is 42.2 Å². The number of hydrogen-bond acceptors (Lipinski definition) is 9. The lowest BCUT2D eigenvalue weighted by Crippen LogP contribution is -2.52. The second-order valence-corrected chi connectivity index (χ2v) is 11.8. The number of hydrogen-bond donors (Lipinski definition) is 2. The van der Waals surface area contributed by atoms with Gasteiger partial charge in [0.25, 0.3) is 11.8 Å². The van der Waals surface area contributed by atoms with E-state index in [1.54, 1.807) is 24.3 Å². The number of aromatic nitrogens is 2. The Morgan fingerprint density at radius 1 is 1.19 bits per heavy atom. The molecular weight excluding hydrogens is 596 g/mol. The number of fused-ring (bicyclic) bond motifs is 1. The van der Waals surface area contributed by atoms with Gasteiger partial charge in [-0.15, -0.1) is 11.3 Å². The number of amides is 5. The number of ether oxygens (including phenoxy) is 1. The molecule has 2 fully saturated rings. The van der Waals surface area contributed by atoms with Crippen LogP contribution < -0.4 is 20.3 Å². The molecule has 6 rings (SSSR count). The Hall–Kier alpha value is -4.36. The third-order valence-corrected chi connectivity index (χ3v) is 9.18. The Morgan fingerprint density at radius 2 is 2.00 bits per heavy atom. The second kappa shape index (κ2) is 11.7. The minimum atomic E-state index is -1.17. The summed E-state index contributed by atoms with van der Waals surface area (Å²) in [5.41, 5.74) is 3.14. The maximum Gasteiger partial charge on any atom is 0.272 e. The van der Waals surface area contributed by atoms with Crippen molar-refractivity contribution in [3.8, 4) is 5.75 Å². The lowest BCUT2D eigenvalue weighted by atomic mass is 9.92. The number of rotatable bonds is 8. The molecule has 2 aliphatic heterocycles. The molecule has 222 valence electrons.